The maximum absolute atomic E-state index is 6.00. The van der Waals surface area contributed by atoms with Gasteiger partial charge in [0, 0.05) is 0 Å². The molecule has 1 nitrogen and oxygen atoms in total. The van der Waals surface area contributed by atoms with Gasteiger partial charge in [0.1, 0.15) is 0 Å². The molecular weight excluding hydrogens is 164 g/mol. The van der Waals surface area contributed by atoms with E-state index in [1.807, 2.05) is 0 Å². The molecule has 0 unspecified atom stereocenters. The Bertz CT molecular complexity index is 197. The van der Waals surface area contributed by atoms with Crippen LogP contribution in [0.1, 0.15) is 26.2 Å². The van der Waals surface area contributed by atoms with E-state index in [4.69, 9.17) is 4.74 Å². The number of rotatable bonds is 1. The predicted octanol–water partition coefficient (Wildman–Crippen LogP) is 2.82. The molecule has 0 amide bonds. The Balaban J connectivity index is 2.22. The first-order valence-electron chi connectivity index (χ1n) is 5.16. The maximum atomic E-state index is 6.00. The van der Waals surface area contributed by atoms with E-state index in [1.165, 1.54) is 19.3 Å². The van der Waals surface area contributed by atoms with Crippen molar-refractivity contribution in [1.29, 1.82) is 0 Å². The molecule has 1 saturated carbocycles. The monoisotopic (exact) mass is 184 g/mol. The molecule has 0 aromatic heterocycles. The minimum Gasteiger partial charge on any atom is -0.370 e. The minimum atomic E-state index is -1.09. The summed E-state index contributed by atoms with van der Waals surface area (Å²) >= 11 is 0. The molecule has 2 aliphatic rings. The van der Waals surface area contributed by atoms with Gasteiger partial charge in [0.05, 0.1) is 19.4 Å². The molecule has 0 N–H and O–H groups in total. The number of hydrogen-bond donors (Lipinski definition) is 0. The van der Waals surface area contributed by atoms with Crippen molar-refractivity contribution in [2.75, 3.05) is 0 Å². The lowest BCUT2D eigenvalue weighted by Crippen LogP contribution is -2.49. The molecule has 0 aromatic carbocycles. The van der Waals surface area contributed by atoms with Gasteiger partial charge in [0.25, 0.3) is 0 Å². The van der Waals surface area contributed by atoms with Gasteiger partial charge in [-0.05, 0) is 18.8 Å². The Morgan fingerprint density at radius 3 is 2.33 bits per heavy atom. The average Bonchev–Trinajstić information content (AvgIpc) is 2.62. The van der Waals surface area contributed by atoms with Crippen LogP contribution in [0.15, 0.2) is 0 Å². The second-order valence-electron chi connectivity index (χ2n) is 5.48. The summed E-state index contributed by atoms with van der Waals surface area (Å²) in [6.45, 7) is 9.75. The number of fused-ring (bicyclic) bond motifs is 1. The summed E-state index contributed by atoms with van der Waals surface area (Å²) in [6.07, 6.45) is 4.75. The molecule has 2 rings (SSSR count). The zero-order valence-corrected chi connectivity index (χ0v) is 9.68. The van der Waals surface area contributed by atoms with Crippen LogP contribution in [-0.4, -0.2) is 19.4 Å². The van der Waals surface area contributed by atoms with Crippen LogP contribution in [0, 0.1) is 5.92 Å². The van der Waals surface area contributed by atoms with Crippen molar-refractivity contribution in [3.8, 4) is 0 Å². The van der Waals surface area contributed by atoms with Crippen molar-refractivity contribution in [2.45, 2.75) is 57.2 Å². The lowest BCUT2D eigenvalue weighted by atomic mass is 9.90. The first-order chi connectivity index (χ1) is 5.48. The van der Waals surface area contributed by atoms with Crippen LogP contribution in [0.3, 0.4) is 0 Å². The number of hydrogen-bond acceptors (Lipinski definition) is 1. The quantitative estimate of drug-likeness (QED) is 0.451. The van der Waals surface area contributed by atoms with Crippen LogP contribution in [-0.2, 0) is 4.74 Å². The predicted molar refractivity (Wildman–Crippen MR) is 54.0 cm³/mol. The van der Waals surface area contributed by atoms with Gasteiger partial charge in [-0.1, -0.05) is 33.0 Å². The highest BCUT2D eigenvalue weighted by atomic mass is 28.3. The first-order valence-corrected chi connectivity index (χ1v) is 8.66. The summed E-state index contributed by atoms with van der Waals surface area (Å²) in [7, 11) is -1.09. The van der Waals surface area contributed by atoms with Crippen molar-refractivity contribution >= 4 is 8.07 Å². The Morgan fingerprint density at radius 2 is 1.92 bits per heavy atom. The fraction of sp³-hybridized carbons (Fsp3) is 1.00. The molecule has 3 atom stereocenters. The molecule has 70 valence electrons. The molecule has 0 bridgehead atoms. The van der Waals surface area contributed by atoms with Crippen LogP contribution in [0.4, 0.5) is 0 Å². The molecule has 2 fully saturated rings. The molecule has 0 spiro atoms. The normalized spacial score (nSPS) is 47.0. The highest BCUT2D eigenvalue weighted by Gasteiger charge is 2.67. The van der Waals surface area contributed by atoms with Gasteiger partial charge < -0.3 is 4.74 Å². The van der Waals surface area contributed by atoms with Gasteiger partial charge in [0.15, 0.2) is 0 Å². The van der Waals surface area contributed by atoms with Gasteiger partial charge >= 0.3 is 0 Å². The van der Waals surface area contributed by atoms with Crippen LogP contribution in [0.25, 0.3) is 0 Å². The van der Waals surface area contributed by atoms with Crippen molar-refractivity contribution in [3.63, 3.8) is 0 Å². The highest BCUT2D eigenvalue weighted by Crippen LogP contribution is 2.56. The Kier molecular flexibility index (Phi) is 1.72. The lowest BCUT2D eigenvalue weighted by Gasteiger charge is -2.34. The second-order valence-corrected chi connectivity index (χ2v) is 10.8. The van der Waals surface area contributed by atoms with E-state index in [0.717, 1.165) is 5.92 Å². The van der Waals surface area contributed by atoms with E-state index >= 15 is 0 Å². The molecule has 2 heteroatoms. The smallest absolute Gasteiger partial charge is 0.0864 e. The summed E-state index contributed by atoms with van der Waals surface area (Å²) in [6, 6.07) is 0. The zero-order chi connectivity index (χ0) is 8.98. The molecule has 1 aliphatic heterocycles. The highest BCUT2D eigenvalue weighted by molar-refractivity contribution is 6.80. The van der Waals surface area contributed by atoms with Crippen molar-refractivity contribution in [3.05, 3.63) is 0 Å². The van der Waals surface area contributed by atoms with Crippen LogP contribution >= 0.6 is 0 Å². The third-order valence-electron chi connectivity index (χ3n) is 3.77. The topological polar surface area (TPSA) is 12.5 Å². The van der Waals surface area contributed by atoms with Gasteiger partial charge in [-0.15, -0.1) is 0 Å². The van der Waals surface area contributed by atoms with Gasteiger partial charge in [-0.25, -0.2) is 0 Å². The first kappa shape index (κ1) is 8.76. The van der Waals surface area contributed by atoms with E-state index in [0.29, 0.717) is 11.3 Å². The lowest BCUT2D eigenvalue weighted by molar-refractivity contribution is 0.291. The zero-order valence-electron chi connectivity index (χ0n) is 8.68. The third kappa shape index (κ3) is 0.941. The largest absolute Gasteiger partial charge is 0.370 e. The van der Waals surface area contributed by atoms with E-state index in [9.17, 15) is 0 Å². The SMILES string of the molecule is C[C@H]1CCC[C@@H]2O[C@@]21[Si](C)(C)C. The van der Waals surface area contributed by atoms with Crippen LogP contribution in [0.5, 0.6) is 0 Å². The standard InChI is InChI=1S/C10H20OSi/c1-8-6-5-7-9-10(8,11-9)12(2,3)4/h8-9H,5-7H2,1-4H3/t8-,9-,10-/m0/s1. The molecule has 0 radical (unpaired) electrons. The summed E-state index contributed by atoms with van der Waals surface area (Å²) in [5.41, 5.74) is 0. The van der Waals surface area contributed by atoms with Crippen molar-refractivity contribution in [1.82, 2.24) is 0 Å². The van der Waals surface area contributed by atoms with Gasteiger partial charge in [-0.3, -0.25) is 0 Å². The molecular formula is C10H20OSi. The van der Waals surface area contributed by atoms with Gasteiger partial charge in [-0.2, -0.15) is 0 Å². The Labute approximate surface area is 76.5 Å². The van der Waals surface area contributed by atoms with Crippen LogP contribution < -0.4 is 0 Å². The van der Waals surface area contributed by atoms with Gasteiger partial charge in [0.2, 0.25) is 0 Å². The summed E-state index contributed by atoms with van der Waals surface area (Å²) in [4.78, 5) is 0. The van der Waals surface area contributed by atoms with Crippen molar-refractivity contribution < 1.29 is 4.74 Å². The van der Waals surface area contributed by atoms with E-state index < -0.39 is 8.07 Å². The fourth-order valence-corrected chi connectivity index (χ4v) is 6.36. The molecule has 1 heterocycles. The van der Waals surface area contributed by atoms with E-state index in [-0.39, 0.29) is 0 Å². The van der Waals surface area contributed by atoms with Crippen molar-refractivity contribution in [2.24, 2.45) is 5.92 Å². The molecule has 12 heavy (non-hydrogen) atoms. The van der Waals surface area contributed by atoms with E-state index in [2.05, 4.69) is 26.6 Å². The average molecular weight is 184 g/mol. The maximum Gasteiger partial charge on any atom is 0.0864 e. The summed E-state index contributed by atoms with van der Waals surface area (Å²) < 4.78 is 6.00. The minimum absolute atomic E-state index is 0.380. The number of epoxide rings is 1. The second kappa shape index (κ2) is 2.35. The molecule has 1 saturated heterocycles. The molecule has 1 aliphatic carbocycles. The summed E-state index contributed by atoms with van der Waals surface area (Å²) in [5.74, 6) is 0.822. The third-order valence-corrected chi connectivity index (χ3v) is 7.04. The summed E-state index contributed by atoms with van der Waals surface area (Å²) in [5, 5.41) is 0.380. The molecule has 0 aromatic rings. The Hall–Kier alpha value is 0.177. The van der Waals surface area contributed by atoms with E-state index in [1.54, 1.807) is 0 Å². The number of ether oxygens (including phenoxy) is 1. The van der Waals surface area contributed by atoms with Crippen LogP contribution in [0.2, 0.25) is 19.6 Å². The Morgan fingerprint density at radius 1 is 1.25 bits per heavy atom. The fourth-order valence-electron chi connectivity index (χ4n) is 3.13.